The molecule has 2 heteroatoms. The molecular weight excluding hydrogens is 196 g/mol. The number of hydrogen-bond acceptors (Lipinski definition) is 2. The Balaban J connectivity index is 2.08. The third-order valence-electron chi connectivity index (χ3n) is 4.66. The van der Waals surface area contributed by atoms with Crippen LogP contribution < -0.4 is 5.32 Å². The molecule has 3 unspecified atom stereocenters. The lowest BCUT2D eigenvalue weighted by molar-refractivity contribution is 0.00211. The minimum Gasteiger partial charge on any atom is -0.311 e. The molecule has 1 N–H and O–H groups in total. The standard InChI is InChI=1S/C14H28N2/c1-11-10-16(12(2)9-15-11)13-7-5-6-8-14(13,3)4/h11-13,15H,5-10H2,1-4H3. The first-order valence-electron chi connectivity index (χ1n) is 7.00. The third kappa shape index (κ3) is 2.43. The third-order valence-corrected chi connectivity index (χ3v) is 4.66. The van der Waals surface area contributed by atoms with E-state index in [2.05, 4.69) is 37.9 Å². The van der Waals surface area contributed by atoms with Crippen molar-refractivity contribution in [3.05, 3.63) is 0 Å². The summed E-state index contributed by atoms with van der Waals surface area (Å²) in [6, 6.07) is 2.17. The average Bonchev–Trinajstić information content (AvgIpc) is 2.22. The van der Waals surface area contributed by atoms with Crippen LogP contribution in [0, 0.1) is 5.41 Å². The first kappa shape index (κ1) is 12.4. The highest BCUT2D eigenvalue weighted by Crippen LogP contribution is 2.39. The fourth-order valence-electron chi connectivity index (χ4n) is 3.57. The SMILES string of the molecule is CC1CN(C2CCCCC2(C)C)C(C)CN1. The molecule has 16 heavy (non-hydrogen) atoms. The van der Waals surface area contributed by atoms with E-state index in [0.29, 0.717) is 17.5 Å². The van der Waals surface area contributed by atoms with Gasteiger partial charge in [-0.1, -0.05) is 26.7 Å². The Labute approximate surface area is 101 Å². The molecule has 2 fully saturated rings. The summed E-state index contributed by atoms with van der Waals surface area (Å²) in [7, 11) is 0. The van der Waals surface area contributed by atoms with Crippen LogP contribution in [0.25, 0.3) is 0 Å². The maximum atomic E-state index is 3.59. The van der Waals surface area contributed by atoms with Crippen LogP contribution in [0.3, 0.4) is 0 Å². The topological polar surface area (TPSA) is 15.3 Å². The molecule has 0 aromatic heterocycles. The van der Waals surface area contributed by atoms with Crippen LogP contribution in [0.1, 0.15) is 53.4 Å². The maximum absolute atomic E-state index is 3.59. The second kappa shape index (κ2) is 4.66. The largest absolute Gasteiger partial charge is 0.311 e. The summed E-state index contributed by atoms with van der Waals surface area (Å²) >= 11 is 0. The summed E-state index contributed by atoms with van der Waals surface area (Å²) in [5.74, 6) is 0. The van der Waals surface area contributed by atoms with Gasteiger partial charge in [0, 0.05) is 31.2 Å². The Morgan fingerprint density at radius 2 is 1.94 bits per heavy atom. The molecular formula is C14H28N2. The zero-order valence-corrected chi connectivity index (χ0v) is 11.4. The molecule has 1 heterocycles. The van der Waals surface area contributed by atoms with Gasteiger partial charge in [-0.25, -0.2) is 0 Å². The lowest BCUT2D eigenvalue weighted by Crippen LogP contribution is -2.61. The van der Waals surface area contributed by atoms with Crippen LogP contribution in [-0.2, 0) is 0 Å². The van der Waals surface area contributed by atoms with Gasteiger partial charge in [0.2, 0.25) is 0 Å². The summed E-state index contributed by atoms with van der Waals surface area (Å²) in [5.41, 5.74) is 0.517. The van der Waals surface area contributed by atoms with Crippen LogP contribution in [0.5, 0.6) is 0 Å². The zero-order valence-electron chi connectivity index (χ0n) is 11.4. The molecule has 3 atom stereocenters. The summed E-state index contributed by atoms with van der Waals surface area (Å²) < 4.78 is 0. The van der Waals surface area contributed by atoms with Crippen LogP contribution >= 0.6 is 0 Å². The van der Waals surface area contributed by atoms with Crippen molar-refractivity contribution in [3.8, 4) is 0 Å². The van der Waals surface area contributed by atoms with Crippen LogP contribution in [0.2, 0.25) is 0 Å². The van der Waals surface area contributed by atoms with E-state index in [4.69, 9.17) is 0 Å². The first-order chi connectivity index (χ1) is 7.50. The van der Waals surface area contributed by atoms with E-state index in [1.807, 2.05) is 0 Å². The number of rotatable bonds is 1. The second-order valence-electron chi connectivity index (χ2n) is 6.61. The average molecular weight is 224 g/mol. The number of piperazine rings is 1. The Hall–Kier alpha value is -0.0800. The molecule has 1 aliphatic heterocycles. The van der Waals surface area contributed by atoms with Gasteiger partial charge in [-0.2, -0.15) is 0 Å². The van der Waals surface area contributed by atoms with E-state index in [1.54, 1.807) is 0 Å². The molecule has 0 bridgehead atoms. The molecule has 2 aliphatic rings. The fourth-order valence-corrected chi connectivity index (χ4v) is 3.57. The first-order valence-corrected chi connectivity index (χ1v) is 7.00. The van der Waals surface area contributed by atoms with Crippen molar-refractivity contribution in [2.45, 2.75) is 71.5 Å². The van der Waals surface area contributed by atoms with Gasteiger partial charge in [0.1, 0.15) is 0 Å². The summed E-state index contributed by atoms with van der Waals surface area (Å²) in [5, 5.41) is 3.59. The van der Waals surface area contributed by atoms with Gasteiger partial charge in [-0.05, 0) is 32.1 Å². The molecule has 0 amide bonds. The molecule has 0 spiro atoms. The van der Waals surface area contributed by atoms with E-state index in [9.17, 15) is 0 Å². The van der Waals surface area contributed by atoms with Gasteiger partial charge in [0.05, 0.1) is 0 Å². The second-order valence-corrected chi connectivity index (χ2v) is 6.61. The van der Waals surface area contributed by atoms with Crippen molar-refractivity contribution in [3.63, 3.8) is 0 Å². The molecule has 94 valence electrons. The monoisotopic (exact) mass is 224 g/mol. The molecule has 0 aromatic carbocycles. The number of nitrogens with one attached hydrogen (secondary N) is 1. The highest BCUT2D eigenvalue weighted by Gasteiger charge is 2.39. The number of nitrogens with zero attached hydrogens (tertiary/aromatic N) is 1. The molecule has 2 nitrogen and oxygen atoms in total. The Morgan fingerprint density at radius 3 is 2.62 bits per heavy atom. The van der Waals surface area contributed by atoms with Gasteiger partial charge in [0.15, 0.2) is 0 Å². The minimum absolute atomic E-state index is 0.517. The lowest BCUT2D eigenvalue weighted by Gasteiger charge is -2.50. The molecule has 2 rings (SSSR count). The predicted molar refractivity (Wildman–Crippen MR) is 69.7 cm³/mol. The van der Waals surface area contributed by atoms with Crippen molar-refractivity contribution >= 4 is 0 Å². The van der Waals surface area contributed by atoms with Crippen LogP contribution in [0.4, 0.5) is 0 Å². The smallest absolute Gasteiger partial charge is 0.0196 e. The van der Waals surface area contributed by atoms with Gasteiger partial charge in [0.25, 0.3) is 0 Å². The van der Waals surface area contributed by atoms with E-state index in [1.165, 1.54) is 32.2 Å². The maximum Gasteiger partial charge on any atom is 0.0196 e. The zero-order chi connectivity index (χ0) is 11.8. The Kier molecular flexibility index (Phi) is 3.60. The van der Waals surface area contributed by atoms with E-state index in [-0.39, 0.29) is 0 Å². The number of hydrogen-bond donors (Lipinski definition) is 1. The quantitative estimate of drug-likeness (QED) is 0.736. The van der Waals surface area contributed by atoms with Crippen molar-refractivity contribution in [2.75, 3.05) is 13.1 Å². The summed E-state index contributed by atoms with van der Waals surface area (Å²) in [4.78, 5) is 2.78. The van der Waals surface area contributed by atoms with E-state index < -0.39 is 0 Å². The van der Waals surface area contributed by atoms with Crippen molar-refractivity contribution in [2.24, 2.45) is 5.41 Å². The molecule has 0 radical (unpaired) electrons. The highest BCUT2D eigenvalue weighted by atomic mass is 15.3. The van der Waals surface area contributed by atoms with Gasteiger partial charge in [-0.15, -0.1) is 0 Å². The fraction of sp³-hybridized carbons (Fsp3) is 1.00. The van der Waals surface area contributed by atoms with Gasteiger partial charge < -0.3 is 5.32 Å². The predicted octanol–water partition coefficient (Wildman–Crippen LogP) is 2.64. The summed E-state index contributed by atoms with van der Waals surface area (Å²) in [6.07, 6.45) is 5.67. The Morgan fingerprint density at radius 1 is 1.19 bits per heavy atom. The molecule has 1 saturated carbocycles. The molecule has 0 aromatic rings. The molecule has 1 aliphatic carbocycles. The van der Waals surface area contributed by atoms with Crippen molar-refractivity contribution < 1.29 is 0 Å². The lowest BCUT2D eigenvalue weighted by atomic mass is 9.72. The normalized spacial score (nSPS) is 40.9. The summed E-state index contributed by atoms with van der Waals surface area (Å²) in [6.45, 7) is 12.0. The minimum atomic E-state index is 0.517. The van der Waals surface area contributed by atoms with Crippen molar-refractivity contribution in [1.29, 1.82) is 0 Å². The van der Waals surface area contributed by atoms with E-state index in [0.717, 1.165) is 12.6 Å². The molecule has 1 saturated heterocycles. The highest BCUT2D eigenvalue weighted by molar-refractivity contribution is 4.94. The van der Waals surface area contributed by atoms with Crippen LogP contribution in [0.15, 0.2) is 0 Å². The van der Waals surface area contributed by atoms with Crippen molar-refractivity contribution in [1.82, 2.24) is 10.2 Å². The van der Waals surface area contributed by atoms with Gasteiger partial charge >= 0.3 is 0 Å². The van der Waals surface area contributed by atoms with Crippen LogP contribution in [-0.4, -0.2) is 36.1 Å². The van der Waals surface area contributed by atoms with E-state index >= 15 is 0 Å². The Bertz CT molecular complexity index is 237. The van der Waals surface area contributed by atoms with Gasteiger partial charge in [-0.3, -0.25) is 4.90 Å².